The minimum Gasteiger partial charge on any atom is -0.456 e. The molecule has 1 aliphatic rings. The SMILES string of the molecule is CC1(C)c2cc3c4ccccc4c4ccccc4c3cc2-c2c1ccc1c2c2cc(-c3ccc4cc(C(c5ccc6c7ccccc7c7ccccc7c6c5)c5cccc6c5oc5ccccc56)ccc4c3)ccc2n1-c1cc(-c2ccccn2)nc(-c2ccccn2)n1. The number of furan rings is 1. The summed E-state index contributed by atoms with van der Waals surface area (Å²) in [6.45, 7) is 4.80. The first-order valence-electron chi connectivity index (χ1n) is 32.4. The van der Waals surface area contributed by atoms with Crippen LogP contribution < -0.4 is 0 Å². The third kappa shape index (κ3) is 7.71. The summed E-state index contributed by atoms with van der Waals surface area (Å²) in [4.78, 5) is 20.2. The Kier molecular flexibility index (Phi) is 11.2. The zero-order chi connectivity index (χ0) is 61.9. The highest BCUT2D eigenvalue weighted by Gasteiger charge is 2.39. The first kappa shape index (κ1) is 52.6. The number of hydrogen-bond donors (Lipinski definition) is 0. The van der Waals surface area contributed by atoms with Crippen molar-refractivity contribution in [3.05, 3.63) is 319 Å². The van der Waals surface area contributed by atoms with Crippen LogP contribution in [0.4, 0.5) is 0 Å². The standard InChI is InChI=1S/C88H55N5O/c1-88(2)74-39-41-80-85(84(74)72-48-70-63-24-9-6-20-59(63)60-21-7-10-25-64(60)71(70)49-75(72)88)73-46-54(37-40-79(73)93(80)82-50-78(76-29-13-15-42-89-76)91-87(92-82)77-30-14-16-43-90-77)52-32-33-53-45-55(35-34-51(53)44-52)83(68-28-17-27-67-66-26-11-12-31-81(66)94-86(67)68)56-36-38-65-61-22-4-3-18-57(61)58-19-5-8-23-62(58)69(65)47-56/h3-50,83H,1-2H3. The Bertz CT molecular complexity index is 6370. The van der Waals surface area contributed by atoms with Crippen LogP contribution in [0.25, 0.3) is 170 Å². The first-order valence-corrected chi connectivity index (χ1v) is 32.4. The summed E-state index contributed by atoms with van der Waals surface area (Å²) in [7, 11) is 0. The highest BCUT2D eigenvalue weighted by atomic mass is 16.3. The normalized spacial score (nSPS) is 13.3. The van der Waals surface area contributed by atoms with Gasteiger partial charge in [0.05, 0.1) is 22.4 Å². The molecule has 0 bridgehead atoms. The molecule has 438 valence electrons. The van der Waals surface area contributed by atoms with E-state index >= 15 is 0 Å². The quantitative estimate of drug-likeness (QED) is 0.117. The summed E-state index contributed by atoms with van der Waals surface area (Å²) in [5.74, 6) is 1.12. The van der Waals surface area contributed by atoms with Crippen molar-refractivity contribution in [3.63, 3.8) is 0 Å². The van der Waals surface area contributed by atoms with Gasteiger partial charge in [-0.3, -0.25) is 14.5 Å². The van der Waals surface area contributed by atoms with E-state index in [0.29, 0.717) is 17.2 Å². The molecule has 0 amide bonds. The van der Waals surface area contributed by atoms with Crippen molar-refractivity contribution in [2.75, 3.05) is 0 Å². The Morgan fingerprint density at radius 3 is 1.60 bits per heavy atom. The molecule has 5 heterocycles. The lowest BCUT2D eigenvalue weighted by Gasteiger charge is -2.22. The van der Waals surface area contributed by atoms with Crippen LogP contribution in [-0.2, 0) is 5.41 Å². The maximum absolute atomic E-state index is 6.89. The van der Waals surface area contributed by atoms with Crippen LogP contribution in [0.3, 0.4) is 0 Å². The smallest absolute Gasteiger partial charge is 0.180 e. The monoisotopic (exact) mass is 1200 g/mol. The van der Waals surface area contributed by atoms with Crippen LogP contribution in [0.5, 0.6) is 0 Å². The predicted octanol–water partition coefficient (Wildman–Crippen LogP) is 22.8. The molecular weight excluding hydrogens is 1140 g/mol. The van der Waals surface area contributed by atoms with Crippen LogP contribution in [0.2, 0.25) is 0 Å². The lowest BCUT2D eigenvalue weighted by Crippen LogP contribution is -2.15. The largest absolute Gasteiger partial charge is 0.456 e. The van der Waals surface area contributed by atoms with E-state index in [9.17, 15) is 0 Å². The van der Waals surface area contributed by atoms with E-state index in [1.807, 2.05) is 42.6 Å². The molecule has 0 saturated heterocycles. The summed E-state index contributed by atoms with van der Waals surface area (Å²) in [6.07, 6.45) is 3.62. The number of fused-ring (bicyclic) bond motifs is 23. The van der Waals surface area contributed by atoms with Crippen molar-refractivity contribution in [2.45, 2.75) is 25.2 Å². The zero-order valence-electron chi connectivity index (χ0n) is 51.4. The molecule has 0 saturated carbocycles. The fourth-order valence-electron chi connectivity index (χ4n) is 16.2. The zero-order valence-corrected chi connectivity index (χ0v) is 51.4. The Hall–Kier alpha value is -12.1. The average molecular weight is 1200 g/mol. The van der Waals surface area contributed by atoms with Gasteiger partial charge in [-0.2, -0.15) is 0 Å². The molecule has 0 spiro atoms. The number of benzene rings is 14. The second kappa shape index (κ2) is 19.9. The van der Waals surface area contributed by atoms with Gasteiger partial charge in [-0.1, -0.05) is 214 Å². The number of para-hydroxylation sites is 2. The molecule has 14 aromatic carbocycles. The van der Waals surface area contributed by atoms with Crippen molar-refractivity contribution in [3.8, 4) is 51.0 Å². The highest BCUT2D eigenvalue weighted by molar-refractivity contribution is 6.28. The van der Waals surface area contributed by atoms with Gasteiger partial charge in [-0.05, 0) is 193 Å². The van der Waals surface area contributed by atoms with E-state index in [1.165, 1.54) is 109 Å². The van der Waals surface area contributed by atoms with Crippen molar-refractivity contribution >= 4 is 119 Å². The maximum Gasteiger partial charge on any atom is 0.180 e. The van der Waals surface area contributed by atoms with Crippen LogP contribution in [0.15, 0.2) is 296 Å². The Morgan fingerprint density at radius 2 is 0.904 bits per heavy atom. The van der Waals surface area contributed by atoms with Crippen LogP contribution in [0.1, 0.15) is 47.6 Å². The van der Waals surface area contributed by atoms with Crippen molar-refractivity contribution in [2.24, 2.45) is 0 Å². The van der Waals surface area contributed by atoms with Gasteiger partial charge >= 0.3 is 0 Å². The molecule has 1 aliphatic carbocycles. The number of hydrogen-bond acceptors (Lipinski definition) is 5. The molecule has 5 aromatic heterocycles. The Morgan fingerprint density at radius 1 is 0.362 bits per heavy atom. The van der Waals surface area contributed by atoms with Gasteiger partial charge in [0.2, 0.25) is 0 Å². The molecule has 6 nitrogen and oxygen atoms in total. The molecule has 6 heteroatoms. The highest BCUT2D eigenvalue weighted by Crippen LogP contribution is 2.56. The summed E-state index contributed by atoms with van der Waals surface area (Å²) >= 11 is 0. The number of aromatic nitrogens is 5. The molecule has 1 unspecified atom stereocenters. The van der Waals surface area contributed by atoms with Gasteiger partial charge < -0.3 is 4.42 Å². The summed E-state index contributed by atoms with van der Waals surface area (Å²) in [5, 5.41) is 22.0. The second-order valence-electron chi connectivity index (χ2n) is 25.9. The van der Waals surface area contributed by atoms with Crippen molar-refractivity contribution in [1.82, 2.24) is 24.5 Å². The number of nitrogens with zero attached hydrogens (tertiary/aromatic N) is 5. The first-order chi connectivity index (χ1) is 46.4. The van der Waals surface area contributed by atoms with Gasteiger partial charge in [-0.25, -0.2) is 9.97 Å². The molecular formula is C88H55N5O. The fraction of sp³-hybridized carbons (Fsp3) is 0.0455. The topological polar surface area (TPSA) is 69.6 Å². The molecule has 94 heavy (non-hydrogen) atoms. The van der Waals surface area contributed by atoms with E-state index in [0.717, 1.165) is 71.9 Å². The number of pyridine rings is 2. The number of rotatable bonds is 7. The molecule has 0 radical (unpaired) electrons. The van der Waals surface area contributed by atoms with Gasteiger partial charge in [0.15, 0.2) is 5.82 Å². The summed E-state index contributed by atoms with van der Waals surface area (Å²) in [5.41, 5.74) is 16.7. The van der Waals surface area contributed by atoms with Gasteiger partial charge in [0, 0.05) is 56.9 Å². The molecule has 20 rings (SSSR count). The lowest BCUT2D eigenvalue weighted by molar-refractivity contribution is 0.661. The molecule has 0 fully saturated rings. The summed E-state index contributed by atoms with van der Waals surface area (Å²) < 4.78 is 9.23. The summed E-state index contributed by atoms with van der Waals surface area (Å²) in [6, 6.07) is 102. The van der Waals surface area contributed by atoms with E-state index in [-0.39, 0.29) is 11.3 Å². The maximum atomic E-state index is 6.89. The van der Waals surface area contributed by atoms with E-state index < -0.39 is 0 Å². The molecule has 0 N–H and O–H groups in total. The minimum absolute atomic E-state index is 0.148. The molecule has 0 aliphatic heterocycles. The van der Waals surface area contributed by atoms with Crippen molar-refractivity contribution < 1.29 is 4.42 Å². The molecule has 19 aromatic rings. The van der Waals surface area contributed by atoms with E-state index in [4.69, 9.17) is 24.4 Å². The van der Waals surface area contributed by atoms with Crippen LogP contribution in [0, 0.1) is 0 Å². The lowest BCUT2D eigenvalue weighted by atomic mass is 9.81. The fourth-order valence-corrected chi connectivity index (χ4v) is 16.2. The van der Waals surface area contributed by atoms with Crippen molar-refractivity contribution in [1.29, 1.82) is 0 Å². The van der Waals surface area contributed by atoms with Crippen LogP contribution in [-0.4, -0.2) is 24.5 Å². The molecule has 1 atom stereocenters. The van der Waals surface area contributed by atoms with Gasteiger partial charge in [-0.15, -0.1) is 0 Å². The van der Waals surface area contributed by atoms with Gasteiger partial charge in [0.25, 0.3) is 0 Å². The van der Waals surface area contributed by atoms with E-state index in [2.05, 4.69) is 261 Å². The Balaban J connectivity index is 0.795. The minimum atomic E-state index is -0.314. The third-order valence-electron chi connectivity index (χ3n) is 20.6. The average Bonchev–Trinajstić information content (AvgIpc) is 1.64. The van der Waals surface area contributed by atoms with Gasteiger partial charge in [0.1, 0.15) is 22.7 Å². The third-order valence-corrected chi connectivity index (χ3v) is 20.6. The van der Waals surface area contributed by atoms with Crippen LogP contribution >= 0.6 is 0 Å². The Labute approximate surface area is 540 Å². The second-order valence-corrected chi connectivity index (χ2v) is 25.9. The predicted molar refractivity (Wildman–Crippen MR) is 389 cm³/mol. The van der Waals surface area contributed by atoms with E-state index in [1.54, 1.807) is 6.20 Å².